The van der Waals surface area contributed by atoms with E-state index >= 15 is 0 Å². The first-order chi connectivity index (χ1) is 7.27. The van der Waals surface area contributed by atoms with Crippen LogP contribution in [0.5, 0.6) is 0 Å². The van der Waals surface area contributed by atoms with Crippen molar-refractivity contribution in [3.05, 3.63) is 12.1 Å². The lowest BCUT2D eigenvalue weighted by Crippen LogP contribution is -2.37. The average molecular weight is 300 g/mol. The lowest BCUT2D eigenvalue weighted by molar-refractivity contribution is 0.122. The third-order valence-electron chi connectivity index (χ3n) is 2.33. The number of halogens is 2. The predicted molar refractivity (Wildman–Crippen MR) is 75.8 cm³/mol. The summed E-state index contributed by atoms with van der Waals surface area (Å²) in [6.45, 7) is 3.24. The van der Waals surface area contributed by atoms with E-state index in [0.29, 0.717) is 5.82 Å². The predicted octanol–water partition coefficient (Wildman–Crippen LogP) is -0.358. The highest BCUT2D eigenvalue weighted by Crippen LogP contribution is 2.13. The van der Waals surface area contributed by atoms with Gasteiger partial charge in [-0.3, -0.25) is 5.01 Å². The standard InChI is InChI=1S/C9H15N5O.2ClH.H2O/c1-13(10)8-2-3-9(12-11-8)14-4-6-15-7-5-14;;;/h2-3H,4-7,10H2,1H3;2*1H;1H2. The van der Waals surface area contributed by atoms with Crippen molar-refractivity contribution >= 4 is 36.4 Å². The zero-order chi connectivity index (χ0) is 10.7. The lowest BCUT2D eigenvalue weighted by atomic mass is 10.4. The van der Waals surface area contributed by atoms with Crippen molar-refractivity contribution in [3.8, 4) is 0 Å². The van der Waals surface area contributed by atoms with E-state index in [1.807, 2.05) is 12.1 Å². The van der Waals surface area contributed by atoms with E-state index in [1.54, 1.807) is 7.05 Å². The number of hydrogen-bond donors (Lipinski definition) is 1. The summed E-state index contributed by atoms with van der Waals surface area (Å²) in [7, 11) is 1.73. The molecular formula is C9H19Cl2N5O2. The van der Waals surface area contributed by atoms with Crippen LogP contribution in [0.25, 0.3) is 0 Å². The number of ether oxygens (including phenoxy) is 1. The van der Waals surface area contributed by atoms with Crippen LogP contribution in [0.3, 0.4) is 0 Å². The molecule has 1 saturated heterocycles. The fourth-order valence-electron chi connectivity index (χ4n) is 1.47. The van der Waals surface area contributed by atoms with Crippen LogP contribution < -0.4 is 15.8 Å². The Labute approximate surface area is 118 Å². The van der Waals surface area contributed by atoms with Gasteiger partial charge in [0.2, 0.25) is 0 Å². The number of rotatable bonds is 2. The quantitative estimate of drug-likeness (QED) is 0.591. The van der Waals surface area contributed by atoms with Crippen LogP contribution in [-0.2, 0) is 4.74 Å². The summed E-state index contributed by atoms with van der Waals surface area (Å²) in [5, 5.41) is 9.58. The minimum Gasteiger partial charge on any atom is -0.412 e. The molecular weight excluding hydrogens is 281 g/mol. The minimum absolute atomic E-state index is 0. The molecule has 2 rings (SSSR count). The maximum atomic E-state index is 5.54. The molecule has 0 saturated carbocycles. The van der Waals surface area contributed by atoms with E-state index in [1.165, 1.54) is 5.01 Å². The van der Waals surface area contributed by atoms with Crippen molar-refractivity contribution in [1.29, 1.82) is 0 Å². The largest absolute Gasteiger partial charge is 0.412 e. The van der Waals surface area contributed by atoms with Gasteiger partial charge in [-0.15, -0.1) is 35.0 Å². The second kappa shape index (κ2) is 9.12. The molecule has 1 aromatic heterocycles. The van der Waals surface area contributed by atoms with E-state index in [9.17, 15) is 0 Å². The molecule has 1 fully saturated rings. The molecule has 0 aromatic carbocycles. The third-order valence-corrected chi connectivity index (χ3v) is 2.33. The number of nitrogens with zero attached hydrogens (tertiary/aromatic N) is 4. The van der Waals surface area contributed by atoms with E-state index < -0.39 is 0 Å². The molecule has 0 bridgehead atoms. The van der Waals surface area contributed by atoms with Crippen molar-refractivity contribution in [1.82, 2.24) is 10.2 Å². The molecule has 7 nitrogen and oxygen atoms in total. The molecule has 4 N–H and O–H groups in total. The molecule has 0 amide bonds. The number of hydrogen-bond acceptors (Lipinski definition) is 6. The van der Waals surface area contributed by atoms with Crippen LogP contribution in [0.1, 0.15) is 0 Å². The minimum atomic E-state index is 0. The van der Waals surface area contributed by atoms with Gasteiger partial charge in [0.1, 0.15) is 0 Å². The van der Waals surface area contributed by atoms with Crippen LogP contribution in [0, 0.1) is 0 Å². The Morgan fingerprint density at radius 2 is 1.83 bits per heavy atom. The van der Waals surface area contributed by atoms with Gasteiger partial charge in [-0.2, -0.15) is 0 Å². The second-order valence-corrected chi connectivity index (χ2v) is 3.46. The van der Waals surface area contributed by atoms with E-state index in [0.717, 1.165) is 32.1 Å². The first kappa shape index (κ1) is 19.5. The Morgan fingerprint density at radius 3 is 2.28 bits per heavy atom. The van der Waals surface area contributed by atoms with Gasteiger partial charge in [0.05, 0.1) is 13.2 Å². The molecule has 1 aromatic rings. The van der Waals surface area contributed by atoms with Gasteiger partial charge in [0.15, 0.2) is 11.6 Å². The maximum absolute atomic E-state index is 5.54. The fourth-order valence-corrected chi connectivity index (χ4v) is 1.47. The van der Waals surface area contributed by atoms with Crippen LogP contribution in [-0.4, -0.2) is 49.0 Å². The summed E-state index contributed by atoms with van der Waals surface area (Å²) in [6, 6.07) is 3.79. The monoisotopic (exact) mass is 299 g/mol. The first-order valence-electron chi connectivity index (χ1n) is 4.92. The Kier molecular flexibility index (Phi) is 9.87. The van der Waals surface area contributed by atoms with Gasteiger partial charge >= 0.3 is 0 Å². The number of aromatic nitrogens is 2. The Bertz CT molecular complexity index is 319. The normalized spacial score (nSPS) is 13.8. The fraction of sp³-hybridized carbons (Fsp3) is 0.556. The van der Waals surface area contributed by atoms with E-state index in [2.05, 4.69) is 15.1 Å². The number of morpholine rings is 1. The molecule has 0 unspecified atom stereocenters. The highest BCUT2D eigenvalue weighted by molar-refractivity contribution is 5.85. The van der Waals surface area contributed by atoms with Crippen LogP contribution in [0.4, 0.5) is 11.6 Å². The van der Waals surface area contributed by atoms with Crippen LogP contribution in [0.15, 0.2) is 12.1 Å². The topological polar surface area (TPSA) is 99.0 Å². The van der Waals surface area contributed by atoms with Gasteiger partial charge in [-0.25, -0.2) is 5.84 Å². The zero-order valence-electron chi connectivity index (χ0n) is 10.1. The summed E-state index contributed by atoms with van der Waals surface area (Å²) >= 11 is 0. The molecule has 1 aliphatic rings. The lowest BCUT2D eigenvalue weighted by Gasteiger charge is -2.27. The number of nitrogens with two attached hydrogens (primary N) is 1. The first-order valence-corrected chi connectivity index (χ1v) is 4.92. The van der Waals surface area contributed by atoms with Crippen molar-refractivity contribution in [2.45, 2.75) is 0 Å². The van der Waals surface area contributed by atoms with Crippen molar-refractivity contribution < 1.29 is 10.2 Å². The highest BCUT2D eigenvalue weighted by Gasteiger charge is 2.12. The van der Waals surface area contributed by atoms with E-state index in [4.69, 9.17) is 10.6 Å². The maximum Gasteiger partial charge on any atom is 0.165 e. The Morgan fingerprint density at radius 1 is 1.22 bits per heavy atom. The molecule has 106 valence electrons. The van der Waals surface area contributed by atoms with Gasteiger partial charge < -0.3 is 15.1 Å². The summed E-state index contributed by atoms with van der Waals surface area (Å²) in [5.74, 6) is 7.08. The Hall–Kier alpha value is -0.860. The van der Waals surface area contributed by atoms with Gasteiger partial charge in [0, 0.05) is 20.1 Å². The molecule has 0 aliphatic carbocycles. The molecule has 1 aliphatic heterocycles. The van der Waals surface area contributed by atoms with Crippen LogP contribution >= 0.6 is 24.8 Å². The second-order valence-electron chi connectivity index (χ2n) is 3.46. The van der Waals surface area contributed by atoms with Gasteiger partial charge in [-0.05, 0) is 12.1 Å². The smallest absolute Gasteiger partial charge is 0.165 e. The summed E-state index contributed by atoms with van der Waals surface area (Å²) in [5.41, 5.74) is 0. The molecule has 18 heavy (non-hydrogen) atoms. The summed E-state index contributed by atoms with van der Waals surface area (Å²) in [6.07, 6.45) is 0. The summed E-state index contributed by atoms with van der Waals surface area (Å²) in [4.78, 5) is 2.15. The molecule has 0 spiro atoms. The Balaban J connectivity index is 0. The summed E-state index contributed by atoms with van der Waals surface area (Å²) < 4.78 is 5.27. The van der Waals surface area contributed by atoms with Crippen molar-refractivity contribution in [2.75, 3.05) is 43.3 Å². The SMILES string of the molecule is CN(N)c1ccc(N2CCOCC2)nn1.Cl.Cl.O. The van der Waals surface area contributed by atoms with Crippen molar-refractivity contribution in [2.24, 2.45) is 5.84 Å². The number of anilines is 2. The van der Waals surface area contributed by atoms with Crippen molar-refractivity contribution in [3.63, 3.8) is 0 Å². The third kappa shape index (κ3) is 4.79. The van der Waals surface area contributed by atoms with E-state index in [-0.39, 0.29) is 30.3 Å². The molecule has 2 heterocycles. The van der Waals surface area contributed by atoms with Crippen LogP contribution in [0.2, 0.25) is 0 Å². The molecule has 0 atom stereocenters. The average Bonchev–Trinajstić information content (AvgIpc) is 2.30. The van der Waals surface area contributed by atoms with Gasteiger partial charge in [-0.1, -0.05) is 0 Å². The number of hydrazine groups is 1. The molecule has 9 heteroatoms. The highest BCUT2D eigenvalue weighted by atomic mass is 35.5. The molecule has 0 radical (unpaired) electrons. The zero-order valence-corrected chi connectivity index (χ0v) is 11.7. The van der Waals surface area contributed by atoms with Gasteiger partial charge in [0.25, 0.3) is 0 Å².